The lowest BCUT2D eigenvalue weighted by Gasteiger charge is -2.03. The van der Waals surface area contributed by atoms with E-state index in [-0.39, 0.29) is 6.61 Å². The highest BCUT2D eigenvalue weighted by molar-refractivity contribution is 5.80. The minimum Gasteiger partial charge on any atom is -0.482 e. The summed E-state index contributed by atoms with van der Waals surface area (Å²) in [4.78, 5) is 14.5. The molecular formula is C13H14N4O3. The second-order valence-corrected chi connectivity index (χ2v) is 4.08. The van der Waals surface area contributed by atoms with Crippen LogP contribution >= 0.6 is 0 Å². The smallest absolute Gasteiger partial charge is 0.341 e. The topological polar surface area (TPSA) is 103 Å². The third-order valence-electron chi connectivity index (χ3n) is 2.39. The van der Waals surface area contributed by atoms with Crippen LogP contribution in [-0.2, 0) is 4.79 Å². The zero-order valence-corrected chi connectivity index (χ0v) is 10.9. The lowest BCUT2D eigenvalue weighted by atomic mass is 10.2. The molecule has 3 N–H and O–H groups in total. The van der Waals surface area contributed by atoms with Gasteiger partial charge in [0, 0.05) is 0 Å². The molecule has 0 fully saturated rings. The van der Waals surface area contributed by atoms with Crippen LogP contribution < -0.4 is 10.5 Å². The largest absolute Gasteiger partial charge is 0.482 e. The summed E-state index contributed by atoms with van der Waals surface area (Å²) in [7, 11) is 0. The van der Waals surface area contributed by atoms with E-state index in [9.17, 15) is 4.79 Å². The molecule has 1 aromatic carbocycles. The fourth-order valence-corrected chi connectivity index (χ4v) is 1.55. The van der Waals surface area contributed by atoms with E-state index in [1.165, 1.54) is 4.68 Å². The summed E-state index contributed by atoms with van der Waals surface area (Å²) in [5.74, 6) is -0.256. The van der Waals surface area contributed by atoms with Crippen LogP contribution in [0.5, 0.6) is 5.75 Å². The molecule has 0 aliphatic carbocycles. The molecule has 2 aromatic rings. The molecule has 1 aromatic heterocycles. The highest BCUT2D eigenvalue weighted by Crippen LogP contribution is 2.12. The normalized spacial score (nSPS) is 10.8. The van der Waals surface area contributed by atoms with Crippen molar-refractivity contribution in [2.45, 2.75) is 6.92 Å². The Balaban J connectivity index is 2.11. The number of nitrogen functional groups attached to an aromatic ring is 1. The lowest BCUT2D eigenvalue weighted by Crippen LogP contribution is -2.09. The minimum atomic E-state index is -1.02. The summed E-state index contributed by atoms with van der Waals surface area (Å²) in [6.45, 7) is 1.44. The van der Waals surface area contributed by atoms with Gasteiger partial charge in [-0.2, -0.15) is 5.10 Å². The molecule has 1 heterocycles. The molecule has 0 aliphatic rings. The second-order valence-electron chi connectivity index (χ2n) is 4.08. The SMILES string of the molecule is Cc1cn(N=Cc2cccc(OCC(=O)O)c2)c(N)n1. The van der Waals surface area contributed by atoms with Crippen LogP contribution in [0.1, 0.15) is 11.3 Å². The number of carbonyl (C=O) groups is 1. The highest BCUT2D eigenvalue weighted by atomic mass is 16.5. The summed E-state index contributed by atoms with van der Waals surface area (Å²) in [6, 6.07) is 6.93. The quantitative estimate of drug-likeness (QED) is 0.795. The number of hydrogen-bond acceptors (Lipinski definition) is 5. The van der Waals surface area contributed by atoms with Crippen LogP contribution in [-0.4, -0.2) is 33.6 Å². The Labute approximate surface area is 115 Å². The van der Waals surface area contributed by atoms with Crippen molar-refractivity contribution in [3.63, 3.8) is 0 Å². The molecule has 0 saturated heterocycles. The molecule has 0 aliphatic heterocycles. The van der Waals surface area contributed by atoms with Gasteiger partial charge in [0.05, 0.1) is 18.1 Å². The number of hydrogen-bond donors (Lipinski definition) is 2. The van der Waals surface area contributed by atoms with Gasteiger partial charge in [-0.1, -0.05) is 12.1 Å². The predicted molar refractivity (Wildman–Crippen MR) is 73.9 cm³/mol. The van der Waals surface area contributed by atoms with E-state index in [1.54, 1.807) is 30.6 Å². The van der Waals surface area contributed by atoms with E-state index in [0.717, 1.165) is 11.3 Å². The number of benzene rings is 1. The Morgan fingerprint density at radius 3 is 3.05 bits per heavy atom. The number of nitrogens with two attached hydrogens (primary N) is 1. The molecule has 0 spiro atoms. The number of anilines is 1. The maximum absolute atomic E-state index is 10.4. The standard InChI is InChI=1S/C13H14N4O3/c1-9-7-17(13(14)16-9)15-6-10-3-2-4-11(5-10)20-8-12(18)19/h2-7H,8H2,1H3,(H2,14,16)(H,18,19). The van der Waals surface area contributed by atoms with Gasteiger partial charge in [-0.25, -0.2) is 14.5 Å². The molecule has 2 rings (SSSR count). The maximum atomic E-state index is 10.4. The monoisotopic (exact) mass is 274 g/mol. The van der Waals surface area contributed by atoms with Gasteiger partial charge in [0.1, 0.15) is 5.75 Å². The van der Waals surface area contributed by atoms with Crippen LogP contribution in [0.2, 0.25) is 0 Å². The predicted octanol–water partition coefficient (Wildman–Crippen LogP) is 1.12. The van der Waals surface area contributed by atoms with Gasteiger partial charge >= 0.3 is 5.97 Å². The van der Waals surface area contributed by atoms with Gasteiger partial charge in [0.15, 0.2) is 6.61 Å². The first-order valence-electron chi connectivity index (χ1n) is 5.85. The number of nitrogens with zero attached hydrogens (tertiary/aromatic N) is 3. The van der Waals surface area contributed by atoms with E-state index in [1.807, 2.05) is 13.0 Å². The molecule has 0 atom stereocenters. The van der Waals surface area contributed by atoms with E-state index in [0.29, 0.717) is 11.7 Å². The number of carboxylic acid groups (broad SMARTS) is 1. The number of aliphatic carboxylic acids is 1. The molecule has 0 unspecified atom stereocenters. The number of aryl methyl sites for hydroxylation is 1. The van der Waals surface area contributed by atoms with Crippen LogP contribution in [0.3, 0.4) is 0 Å². The molecule has 0 saturated carbocycles. The fourth-order valence-electron chi connectivity index (χ4n) is 1.55. The Bertz CT molecular complexity index is 649. The minimum absolute atomic E-state index is 0.303. The Morgan fingerprint density at radius 1 is 1.60 bits per heavy atom. The van der Waals surface area contributed by atoms with Crippen LogP contribution in [0.15, 0.2) is 35.6 Å². The van der Waals surface area contributed by atoms with Crippen molar-refractivity contribution in [3.05, 3.63) is 41.7 Å². The number of ether oxygens (including phenoxy) is 1. The zero-order valence-electron chi connectivity index (χ0n) is 10.9. The van der Waals surface area contributed by atoms with E-state index in [4.69, 9.17) is 15.6 Å². The highest BCUT2D eigenvalue weighted by Gasteiger charge is 2.01. The third kappa shape index (κ3) is 3.58. The van der Waals surface area contributed by atoms with Crippen molar-refractivity contribution in [1.82, 2.24) is 9.66 Å². The van der Waals surface area contributed by atoms with Gasteiger partial charge in [0.25, 0.3) is 0 Å². The van der Waals surface area contributed by atoms with Gasteiger partial charge in [-0.15, -0.1) is 0 Å². The molecular weight excluding hydrogens is 260 g/mol. The van der Waals surface area contributed by atoms with Crippen molar-refractivity contribution < 1.29 is 14.6 Å². The molecule has 0 amide bonds. The van der Waals surface area contributed by atoms with Gasteiger partial charge < -0.3 is 15.6 Å². The Morgan fingerprint density at radius 2 is 2.40 bits per heavy atom. The fraction of sp³-hybridized carbons (Fsp3) is 0.154. The van der Waals surface area contributed by atoms with Crippen LogP contribution in [0, 0.1) is 6.92 Å². The van der Waals surface area contributed by atoms with Gasteiger partial charge in [0.2, 0.25) is 5.95 Å². The van der Waals surface area contributed by atoms with E-state index >= 15 is 0 Å². The molecule has 7 heteroatoms. The average Bonchev–Trinajstić information content (AvgIpc) is 2.73. The van der Waals surface area contributed by atoms with E-state index < -0.39 is 5.97 Å². The first kappa shape index (κ1) is 13.6. The second kappa shape index (κ2) is 5.87. The Kier molecular flexibility index (Phi) is 3.99. The third-order valence-corrected chi connectivity index (χ3v) is 2.39. The van der Waals surface area contributed by atoms with Crippen molar-refractivity contribution >= 4 is 18.1 Å². The maximum Gasteiger partial charge on any atom is 0.341 e. The molecule has 104 valence electrons. The van der Waals surface area contributed by atoms with Crippen LogP contribution in [0.25, 0.3) is 0 Å². The number of carboxylic acids is 1. The average molecular weight is 274 g/mol. The van der Waals surface area contributed by atoms with Gasteiger partial charge in [-0.05, 0) is 24.6 Å². The number of rotatable bonds is 5. The summed E-state index contributed by atoms with van der Waals surface area (Å²) >= 11 is 0. The molecule has 20 heavy (non-hydrogen) atoms. The Hall–Kier alpha value is -2.83. The van der Waals surface area contributed by atoms with Crippen molar-refractivity contribution in [2.75, 3.05) is 12.3 Å². The van der Waals surface area contributed by atoms with Crippen LogP contribution in [0.4, 0.5) is 5.95 Å². The first-order valence-corrected chi connectivity index (χ1v) is 5.85. The van der Waals surface area contributed by atoms with Crippen molar-refractivity contribution in [1.29, 1.82) is 0 Å². The van der Waals surface area contributed by atoms with Crippen molar-refractivity contribution in [2.24, 2.45) is 5.10 Å². The zero-order chi connectivity index (χ0) is 14.5. The van der Waals surface area contributed by atoms with Gasteiger partial charge in [-0.3, -0.25) is 0 Å². The molecule has 0 bridgehead atoms. The summed E-state index contributed by atoms with van der Waals surface area (Å²) < 4.78 is 6.54. The lowest BCUT2D eigenvalue weighted by molar-refractivity contribution is -0.139. The number of imidazole rings is 1. The first-order chi connectivity index (χ1) is 9.54. The molecule has 7 nitrogen and oxygen atoms in total. The summed E-state index contributed by atoms with van der Waals surface area (Å²) in [6.07, 6.45) is 3.29. The summed E-state index contributed by atoms with van der Waals surface area (Å²) in [5, 5.41) is 12.7. The van der Waals surface area contributed by atoms with E-state index in [2.05, 4.69) is 10.1 Å². The number of aromatic nitrogens is 2. The van der Waals surface area contributed by atoms with Crippen molar-refractivity contribution in [3.8, 4) is 5.75 Å². The molecule has 0 radical (unpaired) electrons. The summed E-state index contributed by atoms with van der Waals surface area (Å²) in [5.41, 5.74) is 7.20.